The molecule has 0 spiro atoms. The molecule has 0 saturated carbocycles. The number of nitrogens with one attached hydrogen (secondary N) is 1. The fourth-order valence-corrected chi connectivity index (χ4v) is 4.61. The fraction of sp³-hybridized carbons (Fsp3) is 0.364. The van der Waals surface area contributed by atoms with E-state index in [-0.39, 0.29) is 6.04 Å². The van der Waals surface area contributed by atoms with Gasteiger partial charge in [-0.25, -0.2) is 15.0 Å². The zero-order chi connectivity index (χ0) is 21.1. The van der Waals surface area contributed by atoms with Crippen molar-refractivity contribution in [3.05, 3.63) is 47.6 Å². The zero-order valence-electron chi connectivity index (χ0n) is 17.4. The molecule has 1 N–H and O–H groups in total. The molecule has 1 aromatic carbocycles. The number of aromatic nitrogens is 2. The topological polar surface area (TPSA) is 80.4 Å². The molecule has 1 unspecified atom stereocenters. The van der Waals surface area contributed by atoms with E-state index >= 15 is 0 Å². The molecule has 3 heterocycles. The lowest BCUT2D eigenvalue weighted by atomic mass is 9.99. The molecule has 1 aliphatic rings. The molecule has 3 aromatic rings. The highest BCUT2D eigenvalue weighted by molar-refractivity contribution is 7.16. The number of para-hydroxylation sites is 1. The number of rotatable bonds is 3. The van der Waals surface area contributed by atoms with Gasteiger partial charge in [0.25, 0.3) is 0 Å². The molecule has 1 atom stereocenters. The maximum Gasteiger partial charge on any atom is 0.212 e. The van der Waals surface area contributed by atoms with Crippen LogP contribution in [0.2, 0.25) is 0 Å². The lowest BCUT2D eigenvalue weighted by molar-refractivity contribution is 0.220. The molecule has 4 rings (SSSR count). The molecule has 8 heteroatoms. The number of thiophene rings is 1. The molecule has 30 heavy (non-hydrogen) atoms. The Hall–Kier alpha value is -3.18. The number of benzene rings is 1. The smallest absolute Gasteiger partial charge is 0.212 e. The van der Waals surface area contributed by atoms with Gasteiger partial charge in [-0.05, 0) is 35.9 Å². The number of aliphatic imine (C=N–C) groups is 1. The molecule has 1 fully saturated rings. The van der Waals surface area contributed by atoms with Gasteiger partial charge in [0, 0.05) is 19.6 Å². The van der Waals surface area contributed by atoms with E-state index in [1.807, 2.05) is 31.2 Å². The van der Waals surface area contributed by atoms with Crippen molar-refractivity contribution in [2.24, 2.45) is 10.9 Å². The summed E-state index contributed by atoms with van der Waals surface area (Å²) in [5.74, 6) is 1.96. The number of aryl methyl sites for hydroxylation is 1. The van der Waals surface area contributed by atoms with Crippen molar-refractivity contribution >= 4 is 39.0 Å². The van der Waals surface area contributed by atoms with E-state index < -0.39 is 0 Å². The van der Waals surface area contributed by atoms with Crippen LogP contribution in [0.5, 0.6) is 0 Å². The Morgan fingerprint density at radius 3 is 2.87 bits per heavy atom. The number of guanidine groups is 1. The maximum absolute atomic E-state index is 9.37. The van der Waals surface area contributed by atoms with E-state index in [4.69, 9.17) is 4.99 Å². The van der Waals surface area contributed by atoms with E-state index in [1.54, 1.807) is 17.7 Å². The van der Waals surface area contributed by atoms with Gasteiger partial charge in [0.15, 0.2) is 6.19 Å². The molecule has 154 valence electrons. The second kappa shape index (κ2) is 8.67. The largest absolute Gasteiger partial charge is 0.352 e. The van der Waals surface area contributed by atoms with Crippen molar-refractivity contribution in [3.8, 4) is 6.19 Å². The third-order valence-electron chi connectivity index (χ3n) is 5.51. The van der Waals surface area contributed by atoms with Crippen LogP contribution < -0.4 is 10.2 Å². The standard InChI is InChI=1S/C22H25N7S/c1-15(2)19-12-28(20-17-8-11-30-21(17)26-14-25-20)9-10-29(19)22(24-13-23)27-18-7-5-4-6-16(18)3/h4-8,11,14-15,19H,9-10,12H2,1-3H3,(H,24,27). The maximum atomic E-state index is 9.37. The number of piperazine rings is 1. The van der Waals surface area contributed by atoms with Crippen molar-refractivity contribution in [3.63, 3.8) is 0 Å². The second-order valence-electron chi connectivity index (χ2n) is 7.75. The van der Waals surface area contributed by atoms with Crippen LogP contribution in [0.3, 0.4) is 0 Å². The minimum atomic E-state index is 0.186. The third kappa shape index (κ3) is 3.94. The Morgan fingerprint density at radius 1 is 1.27 bits per heavy atom. The lowest BCUT2D eigenvalue weighted by Crippen LogP contribution is -2.59. The number of nitriles is 1. The van der Waals surface area contributed by atoms with Crippen LogP contribution in [0.15, 0.2) is 47.0 Å². The van der Waals surface area contributed by atoms with Gasteiger partial charge in [0.2, 0.25) is 5.96 Å². The van der Waals surface area contributed by atoms with Gasteiger partial charge in [-0.2, -0.15) is 5.26 Å². The monoisotopic (exact) mass is 419 g/mol. The fourth-order valence-electron chi connectivity index (χ4n) is 3.88. The second-order valence-corrected chi connectivity index (χ2v) is 8.64. The molecule has 0 amide bonds. The Morgan fingerprint density at radius 2 is 2.10 bits per heavy atom. The van der Waals surface area contributed by atoms with Gasteiger partial charge in [-0.15, -0.1) is 11.3 Å². The van der Waals surface area contributed by atoms with Gasteiger partial charge in [0.05, 0.1) is 17.1 Å². The van der Waals surface area contributed by atoms with Gasteiger partial charge in [0.1, 0.15) is 17.0 Å². The first-order chi connectivity index (χ1) is 14.6. The van der Waals surface area contributed by atoms with Crippen molar-refractivity contribution < 1.29 is 0 Å². The van der Waals surface area contributed by atoms with E-state index in [1.165, 1.54) is 0 Å². The average molecular weight is 420 g/mol. The molecule has 0 bridgehead atoms. The molecule has 7 nitrogen and oxygen atoms in total. The summed E-state index contributed by atoms with van der Waals surface area (Å²) < 4.78 is 0. The quantitative estimate of drug-likeness (QED) is 0.300. The first-order valence-corrected chi connectivity index (χ1v) is 11.0. The predicted molar refractivity (Wildman–Crippen MR) is 122 cm³/mol. The molecule has 1 saturated heterocycles. The number of nitrogens with zero attached hydrogens (tertiary/aromatic N) is 6. The van der Waals surface area contributed by atoms with Gasteiger partial charge >= 0.3 is 0 Å². The van der Waals surface area contributed by atoms with Crippen molar-refractivity contribution in [2.45, 2.75) is 26.8 Å². The lowest BCUT2D eigenvalue weighted by Gasteiger charge is -2.44. The summed E-state index contributed by atoms with van der Waals surface area (Å²) in [7, 11) is 0. The summed E-state index contributed by atoms with van der Waals surface area (Å²) >= 11 is 1.63. The highest BCUT2D eigenvalue weighted by Crippen LogP contribution is 2.30. The van der Waals surface area contributed by atoms with Gasteiger partial charge in [-0.3, -0.25) is 5.32 Å². The summed E-state index contributed by atoms with van der Waals surface area (Å²) in [4.78, 5) is 19.3. The Bertz CT molecular complexity index is 1100. The zero-order valence-corrected chi connectivity index (χ0v) is 18.2. The first-order valence-electron chi connectivity index (χ1n) is 10.1. The Labute approximate surface area is 180 Å². The van der Waals surface area contributed by atoms with Crippen LogP contribution in [-0.4, -0.2) is 46.5 Å². The van der Waals surface area contributed by atoms with Crippen LogP contribution in [0.25, 0.3) is 10.2 Å². The van der Waals surface area contributed by atoms with E-state index in [0.29, 0.717) is 11.9 Å². The average Bonchev–Trinajstić information content (AvgIpc) is 3.23. The number of fused-ring (bicyclic) bond motifs is 1. The van der Waals surface area contributed by atoms with Crippen molar-refractivity contribution in [1.29, 1.82) is 5.26 Å². The highest BCUT2D eigenvalue weighted by atomic mass is 32.1. The summed E-state index contributed by atoms with van der Waals surface area (Å²) in [6, 6.07) is 10.2. The summed E-state index contributed by atoms with van der Waals surface area (Å²) in [5, 5.41) is 15.4. The van der Waals surface area contributed by atoms with Crippen LogP contribution >= 0.6 is 11.3 Å². The van der Waals surface area contributed by atoms with Crippen molar-refractivity contribution in [1.82, 2.24) is 20.2 Å². The predicted octanol–water partition coefficient (Wildman–Crippen LogP) is 3.90. The minimum Gasteiger partial charge on any atom is -0.352 e. The summed E-state index contributed by atoms with van der Waals surface area (Å²) in [6.45, 7) is 8.79. The number of anilines is 1. The van der Waals surface area contributed by atoms with Crippen LogP contribution in [-0.2, 0) is 0 Å². The molecule has 0 radical (unpaired) electrons. The molecule has 1 aliphatic heterocycles. The van der Waals surface area contributed by atoms with Crippen molar-refractivity contribution in [2.75, 3.05) is 24.5 Å². The SMILES string of the molecule is Cc1ccccc1N=C(NC#N)N1CCN(c2ncnc3sccc23)CC1C(C)C. The summed E-state index contributed by atoms with van der Waals surface area (Å²) in [5.41, 5.74) is 1.95. The Balaban J connectivity index is 1.65. The highest BCUT2D eigenvalue weighted by Gasteiger charge is 2.33. The number of hydrogen-bond donors (Lipinski definition) is 1. The Kier molecular flexibility index (Phi) is 5.81. The van der Waals surface area contributed by atoms with E-state index in [2.05, 4.69) is 56.6 Å². The third-order valence-corrected chi connectivity index (χ3v) is 6.33. The normalized spacial score (nSPS) is 17.4. The molecular formula is C22H25N7S. The first kappa shape index (κ1) is 20.1. The molecular weight excluding hydrogens is 394 g/mol. The number of hydrogen-bond acceptors (Lipinski definition) is 6. The van der Waals surface area contributed by atoms with Gasteiger partial charge < -0.3 is 9.80 Å². The van der Waals surface area contributed by atoms with E-state index in [0.717, 1.165) is 46.9 Å². The van der Waals surface area contributed by atoms with Crippen LogP contribution in [0.1, 0.15) is 19.4 Å². The van der Waals surface area contributed by atoms with Crippen LogP contribution in [0, 0.1) is 24.3 Å². The van der Waals surface area contributed by atoms with Gasteiger partial charge in [-0.1, -0.05) is 32.0 Å². The molecule has 0 aliphatic carbocycles. The van der Waals surface area contributed by atoms with E-state index in [9.17, 15) is 5.26 Å². The summed E-state index contributed by atoms with van der Waals surface area (Å²) in [6.07, 6.45) is 3.72. The minimum absolute atomic E-state index is 0.186. The molecule has 2 aromatic heterocycles. The van der Waals surface area contributed by atoms with Crippen LogP contribution in [0.4, 0.5) is 11.5 Å².